The highest BCUT2D eigenvalue weighted by atomic mass is 32.1. The third kappa shape index (κ3) is 3.14. The summed E-state index contributed by atoms with van der Waals surface area (Å²) in [7, 11) is 0. The zero-order chi connectivity index (χ0) is 16.4. The molecule has 1 amide bonds. The summed E-state index contributed by atoms with van der Waals surface area (Å²) < 4.78 is 5.40. The number of hydrogen-bond acceptors (Lipinski definition) is 4. The summed E-state index contributed by atoms with van der Waals surface area (Å²) in [5.74, 6) is -0.159. The molecule has 0 spiro atoms. The molecule has 1 aromatic heterocycles. The van der Waals surface area contributed by atoms with Gasteiger partial charge in [-0.25, -0.2) is 0 Å². The number of ether oxygens (including phenoxy) is 1. The molecule has 0 bridgehead atoms. The van der Waals surface area contributed by atoms with Gasteiger partial charge in [-0.3, -0.25) is 4.79 Å². The topological polar surface area (TPSA) is 62.1 Å². The number of rotatable bonds is 3. The van der Waals surface area contributed by atoms with E-state index in [2.05, 4.69) is 23.5 Å². The Morgan fingerprint density at radius 3 is 2.91 bits per heavy atom. The summed E-state index contributed by atoms with van der Waals surface area (Å²) in [6, 6.07) is 8.42. The van der Waals surface area contributed by atoms with E-state index in [9.17, 15) is 10.1 Å². The second-order valence-electron chi connectivity index (χ2n) is 5.77. The minimum absolute atomic E-state index is 0.159. The van der Waals surface area contributed by atoms with Crippen LogP contribution in [0.5, 0.6) is 0 Å². The van der Waals surface area contributed by atoms with E-state index in [1.54, 1.807) is 0 Å². The van der Waals surface area contributed by atoms with E-state index in [1.807, 2.05) is 25.3 Å². The van der Waals surface area contributed by atoms with Crippen LogP contribution in [0.1, 0.15) is 29.5 Å². The second kappa shape index (κ2) is 6.53. The molecular formula is C18H18N2O2S. The molecule has 1 saturated heterocycles. The molecule has 23 heavy (non-hydrogen) atoms. The van der Waals surface area contributed by atoms with Gasteiger partial charge in [0.25, 0.3) is 5.91 Å². The summed E-state index contributed by atoms with van der Waals surface area (Å²) in [6.45, 7) is 4.68. The predicted molar refractivity (Wildman–Crippen MR) is 91.5 cm³/mol. The van der Waals surface area contributed by atoms with E-state index in [1.165, 1.54) is 11.3 Å². The van der Waals surface area contributed by atoms with Crippen molar-refractivity contribution < 1.29 is 9.53 Å². The van der Waals surface area contributed by atoms with Crippen LogP contribution < -0.4 is 5.32 Å². The number of aryl methyl sites for hydroxylation is 2. The molecule has 1 aliphatic heterocycles. The number of nitrogens with zero attached hydrogens (tertiary/aromatic N) is 1. The SMILES string of the molecule is Cc1ccc(C)c(-c2csc(NC(=O)C3CCCO3)c2C#N)c1. The lowest BCUT2D eigenvalue weighted by Gasteiger charge is -2.10. The molecule has 2 heterocycles. The zero-order valence-corrected chi connectivity index (χ0v) is 14.0. The van der Waals surface area contributed by atoms with Gasteiger partial charge in [0.2, 0.25) is 0 Å². The number of benzene rings is 1. The van der Waals surface area contributed by atoms with Gasteiger partial charge < -0.3 is 10.1 Å². The van der Waals surface area contributed by atoms with E-state index < -0.39 is 6.10 Å². The number of thiophene rings is 1. The van der Waals surface area contributed by atoms with Gasteiger partial charge in [-0.05, 0) is 37.8 Å². The van der Waals surface area contributed by atoms with E-state index in [0.29, 0.717) is 17.2 Å². The first kappa shape index (κ1) is 15.7. The quantitative estimate of drug-likeness (QED) is 0.926. The molecule has 1 atom stereocenters. The van der Waals surface area contributed by atoms with E-state index in [0.717, 1.165) is 35.1 Å². The average Bonchev–Trinajstić information content (AvgIpc) is 3.19. The highest BCUT2D eigenvalue weighted by Crippen LogP contribution is 2.37. The fourth-order valence-electron chi connectivity index (χ4n) is 2.76. The Morgan fingerprint density at radius 1 is 1.39 bits per heavy atom. The molecule has 118 valence electrons. The van der Waals surface area contributed by atoms with Crippen molar-refractivity contribution in [2.24, 2.45) is 0 Å². The summed E-state index contributed by atoms with van der Waals surface area (Å²) >= 11 is 1.39. The average molecular weight is 326 g/mol. The summed E-state index contributed by atoms with van der Waals surface area (Å²) in [4.78, 5) is 12.2. The van der Waals surface area contributed by atoms with Crippen LogP contribution in [0.4, 0.5) is 5.00 Å². The monoisotopic (exact) mass is 326 g/mol. The van der Waals surface area contributed by atoms with Crippen molar-refractivity contribution in [2.75, 3.05) is 11.9 Å². The van der Waals surface area contributed by atoms with Gasteiger partial charge in [-0.1, -0.05) is 23.8 Å². The Morgan fingerprint density at radius 2 is 2.22 bits per heavy atom. The van der Waals surface area contributed by atoms with Crippen molar-refractivity contribution in [3.8, 4) is 17.2 Å². The number of carbonyl (C=O) groups is 1. The Bertz CT molecular complexity index is 783. The molecule has 5 heteroatoms. The van der Waals surface area contributed by atoms with Gasteiger partial charge in [-0.15, -0.1) is 11.3 Å². The van der Waals surface area contributed by atoms with Crippen LogP contribution in [0.3, 0.4) is 0 Å². The largest absolute Gasteiger partial charge is 0.368 e. The number of carbonyl (C=O) groups excluding carboxylic acids is 1. The molecule has 0 aliphatic carbocycles. The van der Waals surface area contributed by atoms with Crippen molar-refractivity contribution in [2.45, 2.75) is 32.8 Å². The lowest BCUT2D eigenvalue weighted by molar-refractivity contribution is -0.124. The molecule has 0 radical (unpaired) electrons. The number of amides is 1. The molecule has 2 aromatic rings. The maximum Gasteiger partial charge on any atom is 0.254 e. The van der Waals surface area contributed by atoms with Gasteiger partial charge in [-0.2, -0.15) is 5.26 Å². The lowest BCUT2D eigenvalue weighted by Crippen LogP contribution is -2.26. The smallest absolute Gasteiger partial charge is 0.254 e. The Balaban J connectivity index is 1.92. The predicted octanol–water partition coefficient (Wildman–Crippen LogP) is 4.02. The van der Waals surface area contributed by atoms with E-state index >= 15 is 0 Å². The normalized spacial score (nSPS) is 17.0. The Kier molecular flexibility index (Phi) is 4.46. The molecular weight excluding hydrogens is 308 g/mol. The first-order valence-corrected chi connectivity index (χ1v) is 8.50. The molecule has 3 rings (SSSR count). The van der Waals surface area contributed by atoms with Crippen molar-refractivity contribution >= 4 is 22.2 Å². The fraction of sp³-hybridized carbons (Fsp3) is 0.333. The first-order chi connectivity index (χ1) is 11.1. The van der Waals surface area contributed by atoms with Crippen LogP contribution in [0, 0.1) is 25.2 Å². The molecule has 1 unspecified atom stereocenters. The van der Waals surface area contributed by atoms with Gasteiger partial charge in [0.05, 0.1) is 5.56 Å². The Labute approximate surface area is 139 Å². The van der Waals surface area contributed by atoms with E-state index in [4.69, 9.17) is 4.74 Å². The first-order valence-electron chi connectivity index (χ1n) is 7.62. The van der Waals surface area contributed by atoms with Crippen molar-refractivity contribution in [3.63, 3.8) is 0 Å². The highest BCUT2D eigenvalue weighted by Gasteiger charge is 2.25. The Hall–Kier alpha value is -2.16. The number of hydrogen-bond donors (Lipinski definition) is 1. The van der Waals surface area contributed by atoms with Crippen LogP contribution in [0.25, 0.3) is 11.1 Å². The molecule has 1 fully saturated rings. The maximum absolute atomic E-state index is 12.2. The summed E-state index contributed by atoms with van der Waals surface area (Å²) in [5.41, 5.74) is 4.69. The van der Waals surface area contributed by atoms with Crippen LogP contribution >= 0.6 is 11.3 Å². The van der Waals surface area contributed by atoms with Crippen molar-refractivity contribution in [1.82, 2.24) is 0 Å². The van der Waals surface area contributed by atoms with Crippen LogP contribution in [0.2, 0.25) is 0 Å². The van der Waals surface area contributed by atoms with Gasteiger partial charge in [0, 0.05) is 17.6 Å². The fourth-order valence-corrected chi connectivity index (χ4v) is 3.68. The van der Waals surface area contributed by atoms with Gasteiger partial charge >= 0.3 is 0 Å². The number of nitrogens with one attached hydrogen (secondary N) is 1. The van der Waals surface area contributed by atoms with Crippen molar-refractivity contribution in [1.29, 1.82) is 5.26 Å². The molecule has 1 N–H and O–H groups in total. The standard InChI is InChI=1S/C18H18N2O2S/c1-11-5-6-12(2)13(8-11)15-10-23-18(14(15)9-19)20-17(21)16-4-3-7-22-16/h5-6,8,10,16H,3-4,7H2,1-2H3,(H,20,21). The molecule has 1 aliphatic rings. The number of anilines is 1. The summed E-state index contributed by atoms with van der Waals surface area (Å²) in [6.07, 6.45) is 1.25. The molecule has 4 nitrogen and oxygen atoms in total. The third-order valence-corrected chi connectivity index (χ3v) is 4.94. The van der Waals surface area contributed by atoms with Crippen LogP contribution in [-0.2, 0) is 9.53 Å². The van der Waals surface area contributed by atoms with Crippen LogP contribution in [-0.4, -0.2) is 18.6 Å². The molecule has 0 saturated carbocycles. The van der Waals surface area contributed by atoms with Gasteiger partial charge in [0.15, 0.2) is 0 Å². The maximum atomic E-state index is 12.2. The van der Waals surface area contributed by atoms with Crippen molar-refractivity contribution in [3.05, 3.63) is 40.3 Å². The third-order valence-electron chi connectivity index (χ3n) is 4.04. The van der Waals surface area contributed by atoms with Crippen LogP contribution in [0.15, 0.2) is 23.6 Å². The zero-order valence-electron chi connectivity index (χ0n) is 13.2. The highest BCUT2D eigenvalue weighted by molar-refractivity contribution is 7.15. The minimum Gasteiger partial charge on any atom is -0.368 e. The number of nitriles is 1. The summed E-state index contributed by atoms with van der Waals surface area (Å²) in [5, 5.41) is 15.0. The minimum atomic E-state index is -0.396. The lowest BCUT2D eigenvalue weighted by atomic mass is 9.98. The molecule has 1 aromatic carbocycles. The van der Waals surface area contributed by atoms with Gasteiger partial charge in [0.1, 0.15) is 17.2 Å². The second-order valence-corrected chi connectivity index (χ2v) is 6.65. The van der Waals surface area contributed by atoms with E-state index in [-0.39, 0.29) is 5.91 Å².